The molecule has 2 amide bonds. The quantitative estimate of drug-likeness (QED) is 0.0346. The molecule has 3 aromatic heterocycles. The van der Waals surface area contributed by atoms with Crippen LogP contribution in [0.3, 0.4) is 0 Å². The van der Waals surface area contributed by atoms with E-state index in [9.17, 15) is 9.59 Å². The Hall–Kier alpha value is -8.27. The third-order valence-corrected chi connectivity index (χ3v) is 13.3. The molecule has 75 heavy (non-hydrogen) atoms. The van der Waals surface area contributed by atoms with Gasteiger partial charge in [-0.3, -0.25) is 4.79 Å². The largest absolute Gasteiger partial charge is 0.494 e. The van der Waals surface area contributed by atoms with Gasteiger partial charge in [0.25, 0.3) is 0 Å². The number of benzene rings is 1. The maximum atomic E-state index is 12.6. The van der Waals surface area contributed by atoms with Crippen LogP contribution in [0.5, 0.6) is 5.75 Å². The van der Waals surface area contributed by atoms with Crippen LogP contribution in [0.1, 0.15) is 73.0 Å². The number of ether oxygens (including phenoxy) is 1. The van der Waals surface area contributed by atoms with E-state index in [4.69, 9.17) is 24.8 Å². The van der Waals surface area contributed by atoms with Gasteiger partial charge < -0.3 is 41.0 Å². The van der Waals surface area contributed by atoms with Crippen LogP contribution in [0.25, 0.3) is 22.3 Å². The lowest BCUT2D eigenvalue weighted by molar-refractivity contribution is -0.671. The van der Waals surface area contributed by atoms with Crippen molar-refractivity contribution in [2.45, 2.75) is 44.9 Å². The number of aromatic amines is 1. The van der Waals surface area contributed by atoms with Gasteiger partial charge in [-0.25, -0.2) is 28.9 Å². The monoisotopic (exact) mass is 1010 g/mol. The number of rotatable bonds is 22. The number of unbranched alkanes of at least 4 members (excludes halogenated alkanes) is 2. The molecule has 0 saturated heterocycles. The van der Waals surface area contributed by atoms with Crippen LogP contribution in [0.15, 0.2) is 184 Å². The van der Waals surface area contributed by atoms with Crippen LogP contribution in [-0.4, -0.2) is 97.0 Å². The molecule has 15 heteroatoms. The second-order valence-electron chi connectivity index (χ2n) is 19.0. The first-order valence-corrected chi connectivity index (χ1v) is 26.0. The van der Waals surface area contributed by atoms with Gasteiger partial charge >= 0.3 is 6.09 Å². The number of nitrogens with zero attached hydrogens (tertiary/aromatic N) is 6. The number of hydrogen-bond donors (Lipinski definition) is 6. The number of H-pyrrole nitrogens is 1. The van der Waals surface area contributed by atoms with Crippen LogP contribution in [0.4, 0.5) is 4.79 Å². The molecule has 1 aromatic carbocycles. The molecule has 0 radical (unpaired) electrons. The highest BCUT2D eigenvalue weighted by atomic mass is 16.5. The minimum absolute atomic E-state index is 0.0637. The van der Waals surface area contributed by atoms with Crippen LogP contribution in [0, 0.1) is 0 Å². The lowest BCUT2D eigenvalue weighted by atomic mass is 9.99. The number of fused-ring (bicyclic) bond motifs is 5. The Balaban J connectivity index is 0.902. The van der Waals surface area contributed by atoms with Gasteiger partial charge in [0.1, 0.15) is 19.8 Å². The van der Waals surface area contributed by atoms with Gasteiger partial charge in [0.15, 0.2) is 24.8 Å². The minimum atomic E-state index is -0.980. The highest BCUT2D eigenvalue weighted by Gasteiger charge is 2.27. The zero-order valence-corrected chi connectivity index (χ0v) is 43.1. The Bertz CT molecular complexity index is 3120. The molecular weight excluding hydrogens is 939 g/mol. The molecule has 8 bridgehead atoms. The molecule has 0 fully saturated rings. The zero-order valence-electron chi connectivity index (χ0n) is 43.1. The summed E-state index contributed by atoms with van der Waals surface area (Å²) in [5.74, 6) is 0.820. The molecule has 0 saturated carbocycles. The fourth-order valence-electron chi connectivity index (χ4n) is 9.33. The highest BCUT2D eigenvalue weighted by Crippen LogP contribution is 2.39. The summed E-state index contributed by atoms with van der Waals surface area (Å²) in [6.07, 6.45) is 33.9. The number of nitrogens with one attached hydrogen (secondary N) is 5. The maximum absolute atomic E-state index is 12.6. The summed E-state index contributed by atoms with van der Waals surface area (Å²) in [4.78, 5) is 45.2. The number of pyridine rings is 2. The Kier molecular flexibility index (Phi) is 17.3. The summed E-state index contributed by atoms with van der Waals surface area (Å²) < 4.78 is 10.3. The van der Waals surface area contributed by atoms with Gasteiger partial charge in [-0.15, -0.1) is 0 Å². The number of carboxylic acid groups (broad SMARTS) is 1. The van der Waals surface area contributed by atoms with E-state index < -0.39 is 6.09 Å². The van der Waals surface area contributed by atoms with E-state index >= 15 is 0 Å². The molecule has 384 valence electrons. The Labute approximate surface area is 439 Å². The lowest BCUT2D eigenvalue weighted by Gasteiger charge is -2.16. The van der Waals surface area contributed by atoms with Crippen LogP contribution in [-0.2, 0) is 18.9 Å². The number of allylic oxidation sites excluding steroid dienone is 12. The van der Waals surface area contributed by atoms with E-state index in [-0.39, 0.29) is 5.91 Å². The second kappa shape index (κ2) is 25.1. The zero-order chi connectivity index (χ0) is 51.9. The molecule has 0 unspecified atom stereocenters. The number of carbonyl (C=O) groups excluding carboxylic acids is 1. The van der Waals surface area contributed by atoms with Gasteiger partial charge in [0.2, 0.25) is 5.91 Å². The number of aromatic nitrogens is 3. The first kappa shape index (κ1) is 51.6. The van der Waals surface area contributed by atoms with Gasteiger partial charge in [-0.05, 0) is 160 Å². The number of amides is 2. The molecule has 5 aliphatic rings. The van der Waals surface area contributed by atoms with Crippen LogP contribution >= 0.6 is 0 Å². The summed E-state index contributed by atoms with van der Waals surface area (Å²) in [5, 5.41) is 20.8. The third-order valence-electron chi connectivity index (χ3n) is 13.3. The van der Waals surface area contributed by atoms with E-state index in [1.807, 2.05) is 47.3 Å². The van der Waals surface area contributed by atoms with Crippen LogP contribution < -0.4 is 35.1 Å². The fraction of sp³-hybridized carbons (Fsp3) is 0.283. The van der Waals surface area contributed by atoms with Crippen molar-refractivity contribution in [2.24, 2.45) is 29.1 Å². The third kappa shape index (κ3) is 13.5. The number of hydrogen-bond acceptors (Lipinski definition) is 9. The van der Waals surface area contributed by atoms with Crippen molar-refractivity contribution in [3.63, 3.8) is 0 Å². The average molecular weight is 1010 g/mol. The molecule has 0 aliphatic carbocycles. The van der Waals surface area contributed by atoms with Crippen molar-refractivity contribution in [3.05, 3.63) is 197 Å². The van der Waals surface area contributed by atoms with Crippen molar-refractivity contribution >= 4 is 51.4 Å². The topological polar surface area (TPSA) is 176 Å². The summed E-state index contributed by atoms with van der Waals surface area (Å²) in [7, 11) is 6.06. The molecule has 5 aliphatic heterocycles. The molecular formula is C60H67N11O4+2. The molecule has 15 nitrogen and oxygen atoms in total. The van der Waals surface area contributed by atoms with Gasteiger partial charge in [-0.2, -0.15) is 0 Å². The SMILES string of the molecule is CN1C=CC(=C2C3=NC(=C(c4cc[n+](C)cc4)C4=NC(=C(c5cc[n+](C)cc5)C5=NC(=C(c6ccc(OCCCCC(=O)NCCCNCCCCNCCCNC(=O)O)cc6)c6ccc2[nH]6)C=C5)C=C4)C=C3)C=C1. The van der Waals surface area contributed by atoms with Crippen LogP contribution in [0.2, 0.25) is 0 Å². The molecule has 4 aromatic rings. The minimum Gasteiger partial charge on any atom is -0.494 e. The Morgan fingerprint density at radius 1 is 0.547 bits per heavy atom. The molecule has 9 rings (SSSR count). The first-order chi connectivity index (χ1) is 36.7. The van der Waals surface area contributed by atoms with Crippen molar-refractivity contribution in [2.75, 3.05) is 52.9 Å². The number of aryl methyl sites for hydroxylation is 2. The summed E-state index contributed by atoms with van der Waals surface area (Å²) in [5.41, 5.74) is 14.6. The Morgan fingerprint density at radius 2 is 1.03 bits per heavy atom. The standard InChI is InChI=1S/C60H65N11O4/c1-69-35-23-43(24-36-69)57-49-17-15-47(65-49)56(42-11-13-46(14-12-42)75-41-7-4-10-55(72)63-33-8-31-61-29-5-6-30-62-32-9-34-64-60(73)74)48-16-18-50(66-48)58(44-25-37-70(2)38-26-44)52-20-22-54(68-52)59(53-21-19-51(57)67-53)45-27-39-71(3)40-28-45/h11-28,35-40,61-62,64H,4-10,29-34,41H2,1-3H3,(H-2,63,65,66,67,68,72,73,74)/p+2. The lowest BCUT2D eigenvalue weighted by Crippen LogP contribution is -2.28. The molecule has 0 spiro atoms. The summed E-state index contributed by atoms with van der Waals surface area (Å²) >= 11 is 0. The first-order valence-electron chi connectivity index (χ1n) is 26.0. The van der Waals surface area contributed by atoms with E-state index in [1.165, 1.54) is 0 Å². The van der Waals surface area contributed by atoms with Gasteiger partial charge in [-0.1, -0.05) is 12.1 Å². The van der Waals surface area contributed by atoms with Crippen molar-refractivity contribution in [1.29, 1.82) is 0 Å². The van der Waals surface area contributed by atoms with Crippen molar-refractivity contribution in [1.82, 2.24) is 31.2 Å². The normalized spacial score (nSPS) is 15.6. The summed E-state index contributed by atoms with van der Waals surface area (Å²) in [6, 6.07) is 20.9. The van der Waals surface area contributed by atoms with E-state index in [0.717, 1.165) is 161 Å². The Morgan fingerprint density at radius 3 is 1.57 bits per heavy atom. The fourth-order valence-corrected chi connectivity index (χ4v) is 9.33. The highest BCUT2D eigenvalue weighted by molar-refractivity contribution is 6.37. The second-order valence-corrected chi connectivity index (χ2v) is 19.0. The van der Waals surface area contributed by atoms with Crippen molar-refractivity contribution < 1.29 is 28.6 Å². The smallest absolute Gasteiger partial charge is 0.404 e. The molecule has 0 atom stereocenters. The summed E-state index contributed by atoms with van der Waals surface area (Å²) in [6.45, 7) is 5.11. The predicted molar refractivity (Wildman–Crippen MR) is 298 cm³/mol. The van der Waals surface area contributed by atoms with E-state index in [2.05, 4.69) is 161 Å². The average Bonchev–Trinajstić information content (AvgIpc) is 4.27. The predicted octanol–water partition coefficient (Wildman–Crippen LogP) is 7.69. The van der Waals surface area contributed by atoms with Crippen molar-refractivity contribution in [3.8, 4) is 5.75 Å². The number of aliphatic imine (C=N–C) groups is 3. The molecule has 8 heterocycles. The van der Waals surface area contributed by atoms with E-state index in [1.54, 1.807) is 0 Å². The van der Waals surface area contributed by atoms with Gasteiger partial charge in [0, 0.05) is 96.9 Å². The van der Waals surface area contributed by atoms with E-state index in [0.29, 0.717) is 26.1 Å². The maximum Gasteiger partial charge on any atom is 0.404 e. The number of carbonyl (C=O) groups is 2. The van der Waals surface area contributed by atoms with Gasteiger partial charge in [0.05, 0.1) is 40.8 Å². The molecule has 6 N–H and O–H groups in total.